The molecule has 1 aliphatic carbocycles. The molecule has 4 aromatic rings. The van der Waals surface area contributed by atoms with E-state index in [0.29, 0.717) is 38.7 Å². The number of aliphatic hydroxyl groups excluding tert-OH is 1. The number of aliphatic hydroxyl groups is 1. The van der Waals surface area contributed by atoms with Gasteiger partial charge in [-0.1, -0.05) is 54.6 Å². The van der Waals surface area contributed by atoms with Gasteiger partial charge in [-0.05, 0) is 23.8 Å². The Morgan fingerprint density at radius 1 is 0.793 bits per heavy atom. The van der Waals surface area contributed by atoms with Crippen LogP contribution in [-0.4, -0.2) is 20.6 Å². The maximum Gasteiger partial charge on any atom is 0.259 e. The minimum atomic E-state index is -0.971. The molecule has 1 atom stereocenters. The van der Waals surface area contributed by atoms with Gasteiger partial charge in [-0.3, -0.25) is 9.59 Å². The molecule has 29 heavy (non-hydrogen) atoms. The highest BCUT2D eigenvalue weighted by Gasteiger charge is 2.32. The number of carbonyl (C=O) groups excluding carboxylic acids is 1. The van der Waals surface area contributed by atoms with E-state index in [2.05, 4.69) is 0 Å². The molecular formula is C24H17NO4. The monoisotopic (exact) mass is 383 g/mol. The molecule has 5 rings (SSSR count). The largest absolute Gasteiger partial charge is 0.508 e. The van der Waals surface area contributed by atoms with Crippen LogP contribution in [0.3, 0.4) is 0 Å². The first-order valence-electron chi connectivity index (χ1n) is 9.33. The summed E-state index contributed by atoms with van der Waals surface area (Å²) in [5, 5.41) is 21.3. The molecule has 142 valence electrons. The van der Waals surface area contributed by atoms with Gasteiger partial charge in [0, 0.05) is 21.9 Å². The number of ketones is 1. The average Bonchev–Trinajstić information content (AvgIpc) is 3.04. The van der Waals surface area contributed by atoms with E-state index in [0.717, 1.165) is 0 Å². The number of aromatic hydroxyl groups is 1. The van der Waals surface area contributed by atoms with Gasteiger partial charge in [0.2, 0.25) is 0 Å². The summed E-state index contributed by atoms with van der Waals surface area (Å²) in [7, 11) is 0. The molecule has 0 bridgehead atoms. The average molecular weight is 383 g/mol. The molecule has 5 nitrogen and oxygen atoms in total. The van der Waals surface area contributed by atoms with Gasteiger partial charge in [0.25, 0.3) is 5.56 Å². The van der Waals surface area contributed by atoms with Crippen LogP contribution in [0.5, 0.6) is 5.75 Å². The van der Waals surface area contributed by atoms with Gasteiger partial charge in [0.15, 0.2) is 5.78 Å². The van der Waals surface area contributed by atoms with Crippen molar-refractivity contribution < 1.29 is 15.0 Å². The zero-order valence-electron chi connectivity index (χ0n) is 15.4. The number of pyridine rings is 1. The molecule has 0 saturated heterocycles. The van der Waals surface area contributed by atoms with Crippen molar-refractivity contribution in [2.75, 3.05) is 0 Å². The van der Waals surface area contributed by atoms with Crippen LogP contribution in [0.25, 0.3) is 22.0 Å². The fourth-order valence-corrected chi connectivity index (χ4v) is 4.08. The van der Waals surface area contributed by atoms with Crippen molar-refractivity contribution >= 4 is 16.6 Å². The normalized spacial score (nSPS) is 13.3. The Hall–Kier alpha value is -3.70. The number of fused-ring (bicyclic) bond motifs is 5. The Morgan fingerprint density at radius 2 is 1.41 bits per heavy atom. The SMILES string of the molecule is O=C1c2ccccc2-c2c1c1ccccc1c(=O)n2C[C@H](O)c1ccc(O)cc1. The second kappa shape index (κ2) is 6.43. The molecule has 0 fully saturated rings. The van der Waals surface area contributed by atoms with E-state index in [-0.39, 0.29) is 23.6 Å². The summed E-state index contributed by atoms with van der Waals surface area (Å²) in [5.74, 6) is -0.0103. The van der Waals surface area contributed by atoms with E-state index in [9.17, 15) is 19.8 Å². The van der Waals surface area contributed by atoms with Crippen LogP contribution in [0.2, 0.25) is 0 Å². The number of phenols is 1. The van der Waals surface area contributed by atoms with Crippen LogP contribution in [0.4, 0.5) is 0 Å². The van der Waals surface area contributed by atoms with E-state index >= 15 is 0 Å². The third-order valence-electron chi connectivity index (χ3n) is 5.47. The number of rotatable bonds is 3. The van der Waals surface area contributed by atoms with E-state index in [1.165, 1.54) is 16.7 Å². The summed E-state index contributed by atoms with van der Waals surface area (Å²) in [6, 6.07) is 20.5. The van der Waals surface area contributed by atoms with Crippen LogP contribution in [0.15, 0.2) is 77.6 Å². The van der Waals surface area contributed by atoms with Crippen molar-refractivity contribution in [3.63, 3.8) is 0 Å². The summed E-state index contributed by atoms with van der Waals surface area (Å²) < 4.78 is 1.50. The Balaban J connectivity index is 1.76. The lowest BCUT2D eigenvalue weighted by Crippen LogP contribution is -2.26. The first kappa shape index (κ1) is 17.4. The predicted octanol–water partition coefficient (Wildman–Crippen LogP) is 3.65. The van der Waals surface area contributed by atoms with Gasteiger partial charge >= 0.3 is 0 Å². The minimum absolute atomic E-state index is 0.00160. The van der Waals surface area contributed by atoms with Crippen LogP contribution >= 0.6 is 0 Å². The van der Waals surface area contributed by atoms with Crippen molar-refractivity contribution in [2.24, 2.45) is 0 Å². The molecule has 0 radical (unpaired) electrons. The topological polar surface area (TPSA) is 79.5 Å². The number of hydrogen-bond donors (Lipinski definition) is 2. The summed E-state index contributed by atoms with van der Waals surface area (Å²) >= 11 is 0. The number of aromatic nitrogens is 1. The third-order valence-corrected chi connectivity index (χ3v) is 5.47. The molecule has 0 aliphatic heterocycles. The maximum atomic E-state index is 13.3. The van der Waals surface area contributed by atoms with Crippen LogP contribution in [0, 0.1) is 0 Å². The number of nitrogens with zero attached hydrogens (tertiary/aromatic N) is 1. The molecule has 1 aromatic heterocycles. The highest BCUT2D eigenvalue weighted by atomic mass is 16.3. The fraction of sp³-hybridized carbons (Fsp3) is 0.0833. The molecule has 0 saturated carbocycles. The van der Waals surface area contributed by atoms with E-state index in [1.54, 1.807) is 42.5 Å². The first-order chi connectivity index (χ1) is 14.1. The smallest absolute Gasteiger partial charge is 0.259 e. The summed E-state index contributed by atoms with van der Waals surface area (Å²) in [6.07, 6.45) is -0.971. The van der Waals surface area contributed by atoms with Gasteiger partial charge in [0.1, 0.15) is 5.75 Å². The van der Waals surface area contributed by atoms with Gasteiger partial charge in [-0.15, -0.1) is 0 Å². The van der Waals surface area contributed by atoms with Crippen molar-refractivity contribution in [3.8, 4) is 17.0 Å². The highest BCUT2D eigenvalue weighted by Crippen LogP contribution is 2.39. The van der Waals surface area contributed by atoms with E-state index < -0.39 is 6.10 Å². The molecule has 0 spiro atoms. The third kappa shape index (κ3) is 2.59. The van der Waals surface area contributed by atoms with E-state index in [4.69, 9.17) is 0 Å². The van der Waals surface area contributed by atoms with Gasteiger partial charge < -0.3 is 14.8 Å². The molecule has 1 aliphatic rings. The number of phenolic OH excluding ortho intramolecular Hbond substituents is 1. The molecule has 0 amide bonds. The van der Waals surface area contributed by atoms with Crippen LogP contribution in [0.1, 0.15) is 27.6 Å². The first-order valence-corrected chi connectivity index (χ1v) is 9.33. The maximum absolute atomic E-state index is 13.3. The van der Waals surface area contributed by atoms with Crippen molar-refractivity contribution in [3.05, 3.63) is 99.8 Å². The Bertz CT molecular complexity index is 1340. The lowest BCUT2D eigenvalue weighted by atomic mass is 10.0. The lowest BCUT2D eigenvalue weighted by Gasteiger charge is -2.18. The van der Waals surface area contributed by atoms with Crippen molar-refractivity contribution in [1.82, 2.24) is 4.57 Å². The number of benzene rings is 3. The van der Waals surface area contributed by atoms with Gasteiger partial charge in [-0.2, -0.15) is 0 Å². The Morgan fingerprint density at radius 3 is 2.14 bits per heavy atom. The van der Waals surface area contributed by atoms with Crippen LogP contribution < -0.4 is 5.56 Å². The number of hydrogen-bond acceptors (Lipinski definition) is 4. The summed E-state index contributed by atoms with van der Waals surface area (Å²) in [5.41, 5.74) is 2.64. The standard InChI is InChI=1S/C24H17NO4/c26-15-11-9-14(10-12-15)20(27)13-25-22-17-6-2-3-7-18(17)23(28)21(22)16-5-1-4-8-19(16)24(25)29/h1-12,20,26-27H,13H2/t20-/m0/s1. The van der Waals surface area contributed by atoms with Gasteiger partial charge in [0.05, 0.1) is 23.9 Å². The van der Waals surface area contributed by atoms with Gasteiger partial charge in [-0.25, -0.2) is 0 Å². The molecule has 5 heteroatoms. The Kier molecular flexibility index (Phi) is 3.86. The predicted molar refractivity (Wildman–Crippen MR) is 110 cm³/mol. The lowest BCUT2D eigenvalue weighted by molar-refractivity contribution is 0.104. The summed E-state index contributed by atoms with van der Waals surface area (Å²) in [4.78, 5) is 26.5. The minimum Gasteiger partial charge on any atom is -0.508 e. The van der Waals surface area contributed by atoms with Crippen molar-refractivity contribution in [1.29, 1.82) is 0 Å². The Labute approximate surface area is 166 Å². The quantitative estimate of drug-likeness (QED) is 0.498. The zero-order chi connectivity index (χ0) is 20.1. The molecular weight excluding hydrogens is 366 g/mol. The second-order valence-corrected chi connectivity index (χ2v) is 7.17. The van der Waals surface area contributed by atoms with E-state index in [1.807, 2.05) is 18.2 Å². The molecule has 2 N–H and O–H groups in total. The zero-order valence-corrected chi connectivity index (χ0v) is 15.4. The van der Waals surface area contributed by atoms with Crippen molar-refractivity contribution in [2.45, 2.75) is 12.6 Å². The molecule has 0 unspecified atom stereocenters. The number of carbonyl (C=O) groups is 1. The summed E-state index contributed by atoms with van der Waals surface area (Å²) in [6.45, 7) is -0.00160. The second-order valence-electron chi connectivity index (χ2n) is 7.17. The molecule has 3 aromatic carbocycles. The molecule has 1 heterocycles. The highest BCUT2D eigenvalue weighted by molar-refractivity contribution is 6.26. The van der Waals surface area contributed by atoms with Crippen LogP contribution in [-0.2, 0) is 6.54 Å². The fourth-order valence-electron chi connectivity index (χ4n) is 4.08.